The van der Waals surface area contributed by atoms with Gasteiger partial charge in [-0.3, -0.25) is 4.79 Å². The van der Waals surface area contributed by atoms with Gasteiger partial charge in [-0.1, -0.05) is 0 Å². The molecule has 2 aromatic rings. The highest BCUT2D eigenvalue weighted by Gasteiger charge is 2.34. The minimum absolute atomic E-state index is 0.0397. The SMILES string of the molecule is C[C@H](NC(=O)OC(C)(C)C)c1oc(-c2ccc(OC(F)F)c(OCC3CC3)c2)nc1C(=O)N1CCC[C@@H]1C. The summed E-state index contributed by atoms with van der Waals surface area (Å²) in [5.74, 6) is 0.378. The van der Waals surface area contributed by atoms with E-state index in [4.69, 9.17) is 13.9 Å². The molecule has 1 saturated carbocycles. The number of carbonyl (C=O) groups excluding carboxylic acids is 2. The summed E-state index contributed by atoms with van der Waals surface area (Å²) < 4.78 is 47.7. The predicted molar refractivity (Wildman–Crippen MR) is 134 cm³/mol. The molecule has 4 rings (SSSR count). The molecule has 0 unspecified atom stereocenters. The highest BCUT2D eigenvalue weighted by Crippen LogP contribution is 2.37. The van der Waals surface area contributed by atoms with Crippen molar-refractivity contribution in [3.63, 3.8) is 0 Å². The Morgan fingerprint density at radius 1 is 1.21 bits per heavy atom. The average molecular weight is 536 g/mol. The van der Waals surface area contributed by atoms with Gasteiger partial charge < -0.3 is 28.8 Å². The van der Waals surface area contributed by atoms with E-state index in [2.05, 4.69) is 15.0 Å². The van der Waals surface area contributed by atoms with E-state index in [-0.39, 0.29) is 40.8 Å². The first kappa shape index (κ1) is 27.7. The van der Waals surface area contributed by atoms with Crippen LogP contribution in [0.25, 0.3) is 11.5 Å². The number of carbonyl (C=O) groups is 2. The van der Waals surface area contributed by atoms with Gasteiger partial charge >= 0.3 is 12.7 Å². The maximum absolute atomic E-state index is 13.5. The third-order valence-corrected chi connectivity index (χ3v) is 6.37. The van der Waals surface area contributed by atoms with Crippen LogP contribution in [0.5, 0.6) is 11.5 Å². The maximum atomic E-state index is 13.5. The molecule has 0 radical (unpaired) electrons. The summed E-state index contributed by atoms with van der Waals surface area (Å²) in [5, 5.41) is 2.70. The number of amides is 2. The number of ether oxygens (including phenoxy) is 3. The molecule has 11 heteroatoms. The van der Waals surface area contributed by atoms with E-state index in [1.807, 2.05) is 6.92 Å². The number of likely N-dealkylation sites (tertiary alicyclic amines) is 1. The number of aromatic nitrogens is 1. The standard InChI is InChI=1S/C27H35F2N3O6/c1-15-7-6-12-32(15)24(33)21-22(16(2)30-26(34)38-27(3,4)5)37-23(31-21)18-10-11-19(36-25(28)29)20(13-18)35-14-17-8-9-17/h10-11,13,15-17,25H,6-9,12,14H2,1-5H3,(H,30,34)/t15-,16-/m0/s1. The van der Waals surface area contributed by atoms with Crippen LogP contribution < -0.4 is 14.8 Å². The number of nitrogens with one attached hydrogen (secondary N) is 1. The summed E-state index contributed by atoms with van der Waals surface area (Å²) in [6.07, 6.45) is 3.14. The minimum Gasteiger partial charge on any atom is -0.489 e. The van der Waals surface area contributed by atoms with Gasteiger partial charge in [-0.05, 0) is 84.4 Å². The van der Waals surface area contributed by atoms with Gasteiger partial charge in [-0.15, -0.1) is 0 Å². The highest BCUT2D eigenvalue weighted by molar-refractivity contribution is 5.94. The van der Waals surface area contributed by atoms with Crippen LogP contribution in [-0.4, -0.2) is 53.3 Å². The first-order valence-electron chi connectivity index (χ1n) is 12.9. The molecular weight excluding hydrogens is 500 g/mol. The van der Waals surface area contributed by atoms with E-state index in [0.29, 0.717) is 24.6 Å². The fraction of sp³-hybridized carbons (Fsp3) is 0.593. The number of halogens is 2. The van der Waals surface area contributed by atoms with Crippen molar-refractivity contribution in [2.45, 2.75) is 84.6 Å². The zero-order valence-electron chi connectivity index (χ0n) is 22.4. The molecule has 1 aromatic heterocycles. The van der Waals surface area contributed by atoms with Crippen molar-refractivity contribution >= 4 is 12.0 Å². The van der Waals surface area contributed by atoms with E-state index in [0.717, 1.165) is 25.7 Å². The Morgan fingerprint density at radius 2 is 1.95 bits per heavy atom. The zero-order valence-corrected chi connectivity index (χ0v) is 22.4. The van der Waals surface area contributed by atoms with Crippen LogP contribution in [0.15, 0.2) is 22.6 Å². The van der Waals surface area contributed by atoms with Crippen LogP contribution in [0.4, 0.5) is 13.6 Å². The number of oxazole rings is 1. The molecule has 1 saturated heterocycles. The predicted octanol–water partition coefficient (Wildman–Crippen LogP) is 5.94. The van der Waals surface area contributed by atoms with E-state index in [1.54, 1.807) is 32.6 Å². The van der Waals surface area contributed by atoms with E-state index in [1.165, 1.54) is 18.2 Å². The topological polar surface area (TPSA) is 103 Å². The molecule has 208 valence electrons. The quantitative estimate of drug-likeness (QED) is 0.424. The second kappa shape index (κ2) is 11.2. The van der Waals surface area contributed by atoms with Crippen LogP contribution in [-0.2, 0) is 4.74 Å². The Hall–Kier alpha value is -3.37. The monoisotopic (exact) mass is 535 g/mol. The van der Waals surface area contributed by atoms with Crippen LogP contribution in [0.3, 0.4) is 0 Å². The van der Waals surface area contributed by atoms with Gasteiger partial charge in [0.2, 0.25) is 5.89 Å². The minimum atomic E-state index is -3.01. The molecule has 0 bridgehead atoms. The van der Waals surface area contributed by atoms with Crippen molar-refractivity contribution in [3.8, 4) is 23.0 Å². The summed E-state index contributed by atoms with van der Waals surface area (Å²) in [7, 11) is 0. The third-order valence-electron chi connectivity index (χ3n) is 6.37. The van der Waals surface area contributed by atoms with Crippen LogP contribution in [0, 0.1) is 5.92 Å². The molecule has 2 atom stereocenters. The lowest BCUT2D eigenvalue weighted by Crippen LogP contribution is -2.36. The molecule has 1 N–H and O–H groups in total. The van der Waals surface area contributed by atoms with Crippen molar-refractivity contribution in [1.29, 1.82) is 0 Å². The maximum Gasteiger partial charge on any atom is 0.408 e. The van der Waals surface area contributed by atoms with Gasteiger partial charge in [-0.25, -0.2) is 9.78 Å². The van der Waals surface area contributed by atoms with Gasteiger partial charge in [0.05, 0.1) is 12.6 Å². The largest absolute Gasteiger partial charge is 0.489 e. The van der Waals surface area contributed by atoms with E-state index < -0.39 is 24.3 Å². The second-order valence-corrected chi connectivity index (χ2v) is 10.9. The molecule has 2 amide bonds. The Labute approximate surface area is 220 Å². The number of hydrogen-bond acceptors (Lipinski definition) is 7. The van der Waals surface area contributed by atoms with Crippen LogP contribution in [0.1, 0.15) is 82.6 Å². The first-order valence-corrected chi connectivity index (χ1v) is 12.9. The number of rotatable bonds is 9. The lowest BCUT2D eigenvalue weighted by molar-refractivity contribution is -0.0515. The van der Waals surface area contributed by atoms with Gasteiger partial charge in [0, 0.05) is 18.2 Å². The fourth-order valence-electron chi connectivity index (χ4n) is 4.26. The van der Waals surface area contributed by atoms with E-state index >= 15 is 0 Å². The lowest BCUT2D eigenvalue weighted by Gasteiger charge is -2.23. The number of hydrogen-bond donors (Lipinski definition) is 1. The second-order valence-electron chi connectivity index (χ2n) is 10.9. The van der Waals surface area contributed by atoms with Crippen molar-refractivity contribution in [2.75, 3.05) is 13.2 Å². The molecule has 0 spiro atoms. The number of alkyl carbamates (subject to hydrolysis) is 1. The lowest BCUT2D eigenvalue weighted by atomic mass is 10.1. The van der Waals surface area contributed by atoms with Crippen molar-refractivity contribution < 1.29 is 37.0 Å². The summed E-state index contributed by atoms with van der Waals surface area (Å²) in [6, 6.07) is 3.68. The fourth-order valence-corrected chi connectivity index (χ4v) is 4.26. The van der Waals surface area contributed by atoms with Crippen LogP contribution in [0.2, 0.25) is 0 Å². The van der Waals surface area contributed by atoms with Gasteiger partial charge in [0.1, 0.15) is 5.60 Å². The number of alkyl halides is 2. The molecule has 1 aliphatic carbocycles. The van der Waals surface area contributed by atoms with E-state index in [9.17, 15) is 18.4 Å². The summed E-state index contributed by atoms with van der Waals surface area (Å²) in [5.41, 5.74) is -0.221. The average Bonchev–Trinajstić information content (AvgIpc) is 3.37. The Morgan fingerprint density at radius 3 is 2.55 bits per heavy atom. The summed E-state index contributed by atoms with van der Waals surface area (Å²) in [4.78, 5) is 32.2. The molecule has 1 aliphatic heterocycles. The molecule has 2 heterocycles. The summed E-state index contributed by atoms with van der Waals surface area (Å²) >= 11 is 0. The number of benzene rings is 1. The Bertz CT molecular complexity index is 1160. The molecule has 1 aromatic carbocycles. The molecule has 2 aliphatic rings. The molecule has 9 nitrogen and oxygen atoms in total. The number of nitrogens with zero attached hydrogens (tertiary/aromatic N) is 2. The van der Waals surface area contributed by atoms with Crippen LogP contribution >= 0.6 is 0 Å². The molecule has 38 heavy (non-hydrogen) atoms. The zero-order chi connectivity index (χ0) is 27.6. The first-order chi connectivity index (χ1) is 17.9. The normalized spacial score (nSPS) is 18.4. The van der Waals surface area contributed by atoms with Crippen molar-refractivity contribution in [2.24, 2.45) is 5.92 Å². The van der Waals surface area contributed by atoms with Crippen molar-refractivity contribution in [3.05, 3.63) is 29.7 Å². The van der Waals surface area contributed by atoms with Gasteiger partial charge in [0.25, 0.3) is 5.91 Å². The Kier molecular flexibility index (Phi) is 8.13. The third kappa shape index (κ3) is 6.93. The smallest absolute Gasteiger partial charge is 0.408 e. The highest BCUT2D eigenvalue weighted by atomic mass is 19.3. The van der Waals surface area contributed by atoms with Gasteiger partial charge in [-0.2, -0.15) is 8.78 Å². The van der Waals surface area contributed by atoms with Gasteiger partial charge in [0.15, 0.2) is 23.0 Å². The molecular formula is C27H35F2N3O6. The Balaban J connectivity index is 1.67. The summed E-state index contributed by atoms with van der Waals surface area (Å²) in [6.45, 7) is 6.85. The molecule has 2 fully saturated rings. The van der Waals surface area contributed by atoms with Crippen molar-refractivity contribution in [1.82, 2.24) is 15.2 Å².